The summed E-state index contributed by atoms with van der Waals surface area (Å²) in [5.41, 5.74) is 0. The fourth-order valence-corrected chi connectivity index (χ4v) is 2.12. The molecule has 0 aromatic carbocycles. The molecule has 0 bridgehead atoms. The van der Waals surface area contributed by atoms with E-state index >= 15 is 0 Å². The molecule has 0 spiro atoms. The number of aliphatic imine (C=N–C) groups is 1. The first kappa shape index (κ1) is 21.9. The molecule has 1 aliphatic rings. The third kappa shape index (κ3) is 9.15. The maximum Gasteiger partial charge on any atom is 0.191 e. The molecule has 1 atom stereocenters. The van der Waals surface area contributed by atoms with Gasteiger partial charge in [-0.25, -0.2) is 0 Å². The lowest BCUT2D eigenvalue weighted by atomic mass is 10.1. The summed E-state index contributed by atoms with van der Waals surface area (Å²) in [6.45, 7) is 13.3. The highest BCUT2D eigenvalue weighted by Gasteiger charge is 2.28. The van der Waals surface area contributed by atoms with Gasteiger partial charge in [0.1, 0.15) is 0 Å². The van der Waals surface area contributed by atoms with Crippen LogP contribution in [0.25, 0.3) is 0 Å². The van der Waals surface area contributed by atoms with Crippen molar-refractivity contribution < 1.29 is 4.74 Å². The van der Waals surface area contributed by atoms with Gasteiger partial charge < -0.3 is 15.4 Å². The molecular formula is C16H35IN4O. The van der Waals surface area contributed by atoms with Crippen LogP contribution in [-0.4, -0.2) is 62.8 Å². The normalized spacial score (nSPS) is 16.6. The number of nitrogens with zero attached hydrogens (tertiary/aromatic N) is 2. The molecular weight excluding hydrogens is 391 g/mol. The lowest BCUT2D eigenvalue weighted by molar-refractivity contribution is 0.145. The van der Waals surface area contributed by atoms with E-state index in [0.717, 1.165) is 44.8 Å². The van der Waals surface area contributed by atoms with E-state index in [-0.39, 0.29) is 24.0 Å². The summed E-state index contributed by atoms with van der Waals surface area (Å²) in [5, 5.41) is 6.80. The van der Waals surface area contributed by atoms with Gasteiger partial charge in [-0.3, -0.25) is 9.89 Å². The number of guanidine groups is 1. The van der Waals surface area contributed by atoms with Crippen LogP contribution in [0, 0.1) is 5.92 Å². The Morgan fingerprint density at radius 3 is 2.45 bits per heavy atom. The van der Waals surface area contributed by atoms with E-state index in [4.69, 9.17) is 9.73 Å². The zero-order chi connectivity index (χ0) is 15.7. The minimum atomic E-state index is 0. The number of methoxy groups -OCH3 is 1. The zero-order valence-corrected chi connectivity index (χ0v) is 17.2. The van der Waals surface area contributed by atoms with E-state index in [1.807, 2.05) is 0 Å². The molecule has 132 valence electrons. The van der Waals surface area contributed by atoms with Crippen molar-refractivity contribution in [1.82, 2.24) is 15.5 Å². The van der Waals surface area contributed by atoms with Gasteiger partial charge >= 0.3 is 0 Å². The molecule has 1 aliphatic carbocycles. The highest BCUT2D eigenvalue weighted by Crippen LogP contribution is 2.26. The molecule has 0 radical (unpaired) electrons. The van der Waals surface area contributed by atoms with E-state index < -0.39 is 0 Å². The topological polar surface area (TPSA) is 48.9 Å². The predicted octanol–water partition coefficient (Wildman–Crippen LogP) is 2.31. The van der Waals surface area contributed by atoms with Gasteiger partial charge in [0.2, 0.25) is 0 Å². The van der Waals surface area contributed by atoms with Gasteiger partial charge in [-0.15, -0.1) is 24.0 Å². The molecule has 2 N–H and O–H groups in total. The van der Waals surface area contributed by atoms with Crippen molar-refractivity contribution in [3.05, 3.63) is 0 Å². The Kier molecular flexibility index (Phi) is 12.3. The Balaban J connectivity index is 0.00000441. The van der Waals surface area contributed by atoms with Gasteiger partial charge in [-0.2, -0.15) is 0 Å². The van der Waals surface area contributed by atoms with E-state index in [9.17, 15) is 0 Å². The average Bonchev–Trinajstić information content (AvgIpc) is 3.27. The number of hydrogen-bond donors (Lipinski definition) is 2. The Bertz CT molecular complexity index is 309. The van der Waals surface area contributed by atoms with Crippen molar-refractivity contribution in [2.24, 2.45) is 10.9 Å². The number of nitrogens with one attached hydrogen (secondary N) is 2. The molecule has 1 rings (SSSR count). The standard InChI is InChI=1S/C16H34N4O.HI/c1-6-17-16(19-14(4)13(2)3)18-9-10-20(11-12-21-5)15-7-8-15;/h13-15H,6-12H2,1-5H3,(H2,17,18,19);1H. The third-order valence-corrected chi connectivity index (χ3v) is 4.01. The second-order valence-corrected chi connectivity index (χ2v) is 6.20. The zero-order valence-electron chi connectivity index (χ0n) is 14.9. The summed E-state index contributed by atoms with van der Waals surface area (Å²) < 4.78 is 5.19. The van der Waals surface area contributed by atoms with E-state index in [2.05, 4.69) is 43.2 Å². The molecule has 0 saturated heterocycles. The largest absolute Gasteiger partial charge is 0.383 e. The second kappa shape index (κ2) is 12.4. The summed E-state index contributed by atoms with van der Waals surface area (Å²) in [7, 11) is 1.77. The Morgan fingerprint density at radius 1 is 1.27 bits per heavy atom. The summed E-state index contributed by atoms with van der Waals surface area (Å²) in [6, 6.07) is 1.19. The molecule has 5 nitrogen and oxygen atoms in total. The summed E-state index contributed by atoms with van der Waals surface area (Å²) >= 11 is 0. The van der Waals surface area contributed by atoms with Crippen LogP contribution in [-0.2, 0) is 4.74 Å². The molecule has 0 heterocycles. The van der Waals surface area contributed by atoms with E-state index in [0.29, 0.717) is 12.0 Å². The molecule has 1 unspecified atom stereocenters. The Labute approximate surface area is 153 Å². The number of rotatable bonds is 10. The van der Waals surface area contributed by atoms with Crippen LogP contribution in [0.3, 0.4) is 0 Å². The van der Waals surface area contributed by atoms with E-state index in [1.54, 1.807) is 7.11 Å². The number of halogens is 1. The lowest BCUT2D eigenvalue weighted by Gasteiger charge is -2.22. The van der Waals surface area contributed by atoms with E-state index in [1.165, 1.54) is 12.8 Å². The average molecular weight is 426 g/mol. The van der Waals surface area contributed by atoms with Crippen LogP contribution in [0.1, 0.15) is 40.5 Å². The van der Waals surface area contributed by atoms with Gasteiger partial charge in [0.25, 0.3) is 0 Å². The highest BCUT2D eigenvalue weighted by atomic mass is 127. The van der Waals surface area contributed by atoms with Crippen molar-refractivity contribution in [3.8, 4) is 0 Å². The number of ether oxygens (including phenoxy) is 1. The molecule has 6 heteroatoms. The van der Waals surface area contributed by atoms with Crippen molar-refractivity contribution >= 4 is 29.9 Å². The summed E-state index contributed by atoms with van der Waals surface area (Å²) in [6.07, 6.45) is 2.66. The SMILES string of the molecule is CCNC(=NCCN(CCOC)C1CC1)NC(C)C(C)C.I. The minimum absolute atomic E-state index is 0. The molecule has 0 aromatic rings. The van der Waals surface area contributed by atoms with Gasteiger partial charge in [0.05, 0.1) is 13.2 Å². The van der Waals surface area contributed by atoms with Crippen LogP contribution in [0.4, 0.5) is 0 Å². The third-order valence-electron chi connectivity index (χ3n) is 4.01. The first-order chi connectivity index (χ1) is 10.1. The van der Waals surface area contributed by atoms with Crippen molar-refractivity contribution in [1.29, 1.82) is 0 Å². The minimum Gasteiger partial charge on any atom is -0.383 e. The summed E-state index contributed by atoms with van der Waals surface area (Å²) in [5.74, 6) is 1.53. The fourth-order valence-electron chi connectivity index (χ4n) is 2.12. The first-order valence-electron chi connectivity index (χ1n) is 8.36. The quantitative estimate of drug-likeness (QED) is 0.320. The van der Waals surface area contributed by atoms with Gasteiger partial charge in [0, 0.05) is 38.8 Å². The lowest BCUT2D eigenvalue weighted by Crippen LogP contribution is -2.44. The van der Waals surface area contributed by atoms with Crippen LogP contribution in [0.2, 0.25) is 0 Å². The molecule has 0 aromatic heterocycles. The maximum absolute atomic E-state index is 5.19. The van der Waals surface area contributed by atoms with Crippen LogP contribution in [0.5, 0.6) is 0 Å². The molecule has 22 heavy (non-hydrogen) atoms. The second-order valence-electron chi connectivity index (χ2n) is 6.20. The smallest absolute Gasteiger partial charge is 0.191 e. The fraction of sp³-hybridized carbons (Fsp3) is 0.938. The maximum atomic E-state index is 5.19. The van der Waals surface area contributed by atoms with Gasteiger partial charge in [0.15, 0.2) is 5.96 Å². The number of hydrogen-bond acceptors (Lipinski definition) is 3. The monoisotopic (exact) mass is 426 g/mol. The van der Waals surface area contributed by atoms with Crippen LogP contribution < -0.4 is 10.6 Å². The summed E-state index contributed by atoms with van der Waals surface area (Å²) in [4.78, 5) is 7.21. The van der Waals surface area contributed by atoms with Crippen molar-refractivity contribution in [2.45, 2.75) is 52.6 Å². The molecule has 1 saturated carbocycles. The van der Waals surface area contributed by atoms with Gasteiger partial charge in [-0.05, 0) is 32.6 Å². The Morgan fingerprint density at radius 2 is 1.95 bits per heavy atom. The molecule has 1 fully saturated rings. The van der Waals surface area contributed by atoms with Crippen LogP contribution in [0.15, 0.2) is 4.99 Å². The van der Waals surface area contributed by atoms with Crippen molar-refractivity contribution in [3.63, 3.8) is 0 Å². The first-order valence-corrected chi connectivity index (χ1v) is 8.36. The highest BCUT2D eigenvalue weighted by molar-refractivity contribution is 14.0. The van der Waals surface area contributed by atoms with Gasteiger partial charge in [-0.1, -0.05) is 13.8 Å². The molecule has 0 amide bonds. The Hall–Kier alpha value is -0.0800. The van der Waals surface area contributed by atoms with Crippen LogP contribution >= 0.6 is 24.0 Å². The predicted molar refractivity (Wildman–Crippen MR) is 105 cm³/mol. The van der Waals surface area contributed by atoms with Crippen molar-refractivity contribution in [2.75, 3.05) is 39.9 Å². The molecule has 0 aliphatic heterocycles.